The van der Waals surface area contributed by atoms with Crippen LogP contribution in [0.15, 0.2) is 21.0 Å². The van der Waals surface area contributed by atoms with Crippen LogP contribution in [0.2, 0.25) is 0 Å². The van der Waals surface area contributed by atoms with E-state index in [0.29, 0.717) is 0 Å². The van der Waals surface area contributed by atoms with Crippen molar-refractivity contribution in [3.8, 4) is 0 Å². The first kappa shape index (κ1) is 8.54. The second-order valence-electron chi connectivity index (χ2n) is 3.98. The van der Waals surface area contributed by atoms with Crippen molar-refractivity contribution in [1.29, 1.82) is 0 Å². The quantitative estimate of drug-likeness (QED) is 0.689. The predicted molar refractivity (Wildman–Crippen MR) is 60.7 cm³/mol. The molecule has 0 saturated heterocycles. The molecular formula is C12H11BrO. The Labute approximate surface area is 91.2 Å². The molecule has 14 heavy (non-hydrogen) atoms. The molecule has 0 spiro atoms. The van der Waals surface area contributed by atoms with Crippen LogP contribution in [0.1, 0.15) is 23.3 Å². The molecule has 0 radical (unpaired) electrons. The van der Waals surface area contributed by atoms with Gasteiger partial charge in [-0.05, 0) is 53.4 Å². The number of benzene rings is 1. The number of hydrogen-bond donors (Lipinski definition) is 0. The van der Waals surface area contributed by atoms with Gasteiger partial charge in [0, 0.05) is 17.4 Å². The molecule has 2 aromatic rings. The maximum absolute atomic E-state index is 5.85. The van der Waals surface area contributed by atoms with E-state index in [1.807, 2.05) is 0 Å². The molecule has 0 aliphatic heterocycles. The van der Waals surface area contributed by atoms with Gasteiger partial charge in [-0.3, -0.25) is 0 Å². The largest absolute Gasteiger partial charge is 0.460 e. The Balaban J connectivity index is 2.43. The van der Waals surface area contributed by atoms with E-state index in [9.17, 15) is 0 Å². The van der Waals surface area contributed by atoms with Crippen molar-refractivity contribution in [3.05, 3.63) is 33.5 Å². The first-order chi connectivity index (χ1) is 6.75. The average Bonchev–Trinajstić information content (AvgIpc) is 2.65. The van der Waals surface area contributed by atoms with Crippen molar-refractivity contribution in [2.45, 2.75) is 26.2 Å². The highest BCUT2D eigenvalue weighted by molar-refractivity contribution is 9.10. The topological polar surface area (TPSA) is 13.1 Å². The van der Waals surface area contributed by atoms with E-state index in [1.54, 1.807) is 0 Å². The maximum atomic E-state index is 5.85. The van der Waals surface area contributed by atoms with Gasteiger partial charge in [0.1, 0.15) is 11.3 Å². The highest BCUT2D eigenvalue weighted by Gasteiger charge is 2.20. The summed E-state index contributed by atoms with van der Waals surface area (Å²) in [5.41, 5.74) is 3.75. The lowest BCUT2D eigenvalue weighted by Gasteiger charge is -1.97. The Bertz CT molecular complexity index is 511. The van der Waals surface area contributed by atoms with Crippen LogP contribution in [0.5, 0.6) is 0 Å². The van der Waals surface area contributed by atoms with Crippen molar-refractivity contribution in [3.63, 3.8) is 0 Å². The number of halogens is 1. The summed E-state index contributed by atoms with van der Waals surface area (Å²) in [5.74, 6) is 1.20. The normalized spacial score (nSPS) is 15.0. The minimum absolute atomic E-state index is 1.03. The zero-order valence-electron chi connectivity index (χ0n) is 8.06. The summed E-state index contributed by atoms with van der Waals surface area (Å²) in [6.45, 7) is 2.12. The van der Waals surface area contributed by atoms with Gasteiger partial charge in [-0.1, -0.05) is 0 Å². The Morgan fingerprint density at radius 1 is 1.29 bits per heavy atom. The zero-order valence-corrected chi connectivity index (χ0v) is 9.65. The van der Waals surface area contributed by atoms with Gasteiger partial charge in [-0.15, -0.1) is 0 Å². The molecule has 1 aliphatic carbocycles. The molecule has 1 aromatic heterocycles. The van der Waals surface area contributed by atoms with Gasteiger partial charge in [0.2, 0.25) is 0 Å². The highest BCUT2D eigenvalue weighted by atomic mass is 79.9. The number of hydrogen-bond acceptors (Lipinski definition) is 1. The Hall–Kier alpha value is -0.760. The lowest BCUT2D eigenvalue weighted by atomic mass is 10.1. The summed E-state index contributed by atoms with van der Waals surface area (Å²) in [7, 11) is 0. The van der Waals surface area contributed by atoms with E-state index in [0.717, 1.165) is 16.5 Å². The first-order valence-corrected chi connectivity index (χ1v) is 5.75. The van der Waals surface area contributed by atoms with Crippen molar-refractivity contribution < 1.29 is 4.42 Å². The smallest absolute Gasteiger partial charge is 0.148 e. The molecule has 1 aromatic carbocycles. The molecule has 0 saturated carbocycles. The SMILES string of the molecule is Cc1cc(Br)c2oc3c(c2c1)CCC3. The monoisotopic (exact) mass is 250 g/mol. The molecule has 3 rings (SSSR count). The molecule has 1 nitrogen and oxygen atoms in total. The van der Waals surface area contributed by atoms with Gasteiger partial charge >= 0.3 is 0 Å². The van der Waals surface area contributed by atoms with Crippen LogP contribution < -0.4 is 0 Å². The third kappa shape index (κ3) is 1.07. The third-order valence-corrected chi connectivity index (χ3v) is 3.49. The van der Waals surface area contributed by atoms with E-state index in [2.05, 4.69) is 35.0 Å². The molecule has 0 fully saturated rings. The van der Waals surface area contributed by atoms with Crippen LogP contribution in [-0.4, -0.2) is 0 Å². The summed E-state index contributed by atoms with van der Waals surface area (Å²) in [4.78, 5) is 0. The molecule has 0 N–H and O–H groups in total. The lowest BCUT2D eigenvalue weighted by molar-refractivity contribution is 0.555. The van der Waals surface area contributed by atoms with Crippen molar-refractivity contribution >= 4 is 26.9 Å². The molecular weight excluding hydrogens is 240 g/mol. The van der Waals surface area contributed by atoms with E-state index in [4.69, 9.17) is 4.42 Å². The van der Waals surface area contributed by atoms with Gasteiger partial charge in [0.15, 0.2) is 0 Å². The van der Waals surface area contributed by atoms with Gasteiger partial charge in [0.05, 0.1) is 4.47 Å². The van der Waals surface area contributed by atoms with Gasteiger partial charge in [0.25, 0.3) is 0 Å². The van der Waals surface area contributed by atoms with Crippen LogP contribution in [0.25, 0.3) is 11.0 Å². The molecule has 72 valence electrons. The maximum Gasteiger partial charge on any atom is 0.148 e. The summed E-state index contributed by atoms with van der Waals surface area (Å²) in [6.07, 6.45) is 3.53. The highest BCUT2D eigenvalue weighted by Crippen LogP contribution is 2.36. The van der Waals surface area contributed by atoms with E-state index in [1.165, 1.54) is 35.1 Å². The standard InChI is InChI=1S/C12H11BrO/c1-7-5-9-8-3-2-4-11(8)14-12(9)10(13)6-7/h5-6H,2-4H2,1H3. The van der Waals surface area contributed by atoms with Crippen molar-refractivity contribution in [1.82, 2.24) is 0 Å². The molecule has 0 atom stereocenters. The molecule has 2 heteroatoms. The van der Waals surface area contributed by atoms with E-state index >= 15 is 0 Å². The van der Waals surface area contributed by atoms with Crippen LogP contribution in [0.4, 0.5) is 0 Å². The summed E-state index contributed by atoms with van der Waals surface area (Å²) < 4.78 is 6.93. The van der Waals surface area contributed by atoms with Gasteiger partial charge in [-0.25, -0.2) is 0 Å². The van der Waals surface area contributed by atoms with Gasteiger partial charge in [-0.2, -0.15) is 0 Å². The summed E-state index contributed by atoms with van der Waals surface area (Å²) in [6, 6.07) is 4.34. The number of furan rings is 1. The fourth-order valence-electron chi connectivity index (χ4n) is 2.29. The lowest BCUT2D eigenvalue weighted by Crippen LogP contribution is -1.78. The number of rotatable bonds is 0. The van der Waals surface area contributed by atoms with Crippen LogP contribution >= 0.6 is 15.9 Å². The molecule has 1 heterocycles. The Morgan fingerprint density at radius 3 is 3.00 bits per heavy atom. The van der Waals surface area contributed by atoms with Crippen LogP contribution in [0, 0.1) is 6.92 Å². The minimum Gasteiger partial charge on any atom is -0.460 e. The fourth-order valence-corrected chi connectivity index (χ4v) is 2.95. The minimum atomic E-state index is 1.03. The zero-order chi connectivity index (χ0) is 9.71. The molecule has 0 bridgehead atoms. The van der Waals surface area contributed by atoms with Gasteiger partial charge < -0.3 is 4.42 Å². The molecule has 0 unspecified atom stereocenters. The second kappa shape index (κ2) is 2.86. The molecule has 0 amide bonds. The number of fused-ring (bicyclic) bond motifs is 3. The fraction of sp³-hybridized carbons (Fsp3) is 0.333. The van der Waals surface area contributed by atoms with Crippen LogP contribution in [-0.2, 0) is 12.8 Å². The van der Waals surface area contributed by atoms with Crippen molar-refractivity contribution in [2.24, 2.45) is 0 Å². The third-order valence-electron chi connectivity index (χ3n) is 2.91. The van der Waals surface area contributed by atoms with Crippen molar-refractivity contribution in [2.75, 3.05) is 0 Å². The first-order valence-electron chi connectivity index (χ1n) is 4.96. The predicted octanol–water partition coefficient (Wildman–Crippen LogP) is 3.99. The number of aryl methyl sites for hydroxylation is 3. The second-order valence-corrected chi connectivity index (χ2v) is 4.84. The Morgan fingerprint density at radius 2 is 2.14 bits per heavy atom. The van der Waals surface area contributed by atoms with Crippen LogP contribution in [0.3, 0.4) is 0 Å². The molecule has 1 aliphatic rings. The van der Waals surface area contributed by atoms with E-state index < -0.39 is 0 Å². The Kier molecular flexibility index (Phi) is 1.75. The average molecular weight is 251 g/mol. The van der Waals surface area contributed by atoms with E-state index in [-0.39, 0.29) is 0 Å². The summed E-state index contributed by atoms with van der Waals surface area (Å²) >= 11 is 3.55. The summed E-state index contributed by atoms with van der Waals surface area (Å²) in [5, 5.41) is 1.31.